The van der Waals surface area contributed by atoms with Crippen LogP contribution < -0.4 is 0 Å². The molecule has 0 aromatic heterocycles. The van der Waals surface area contributed by atoms with Gasteiger partial charge in [-0.3, -0.25) is 4.79 Å². The normalized spacial score (nSPS) is 28.2. The second kappa shape index (κ2) is 4.10. The van der Waals surface area contributed by atoms with Crippen LogP contribution in [-0.4, -0.2) is 12.1 Å². The number of ether oxygens (including phenoxy) is 1. The molecule has 66 valence electrons. The van der Waals surface area contributed by atoms with E-state index in [2.05, 4.69) is 13.2 Å². The predicted octanol–water partition coefficient (Wildman–Crippen LogP) is 2.07. The fourth-order valence-electron chi connectivity index (χ4n) is 1.45. The summed E-state index contributed by atoms with van der Waals surface area (Å²) in [5.74, 6) is -0.0470. The molecule has 0 spiro atoms. The minimum atomic E-state index is -0.0817. The van der Waals surface area contributed by atoms with Gasteiger partial charge in [0.25, 0.3) is 0 Å². The summed E-state index contributed by atoms with van der Waals surface area (Å²) in [6.45, 7) is 7.21. The molecule has 0 aromatic rings. The van der Waals surface area contributed by atoms with Gasteiger partial charge in [0, 0.05) is 6.42 Å². The molecule has 12 heavy (non-hydrogen) atoms. The number of carbonyl (C=O) groups is 1. The van der Waals surface area contributed by atoms with Gasteiger partial charge in [-0.2, -0.15) is 0 Å². The molecule has 1 saturated heterocycles. The Balaban J connectivity index is 2.43. The largest absolute Gasteiger partial charge is 0.462 e. The topological polar surface area (TPSA) is 26.3 Å². The molecule has 1 fully saturated rings. The zero-order valence-electron chi connectivity index (χ0n) is 7.16. The van der Waals surface area contributed by atoms with Crippen molar-refractivity contribution in [3.05, 3.63) is 25.3 Å². The van der Waals surface area contributed by atoms with Crippen molar-refractivity contribution in [3.63, 3.8) is 0 Å². The van der Waals surface area contributed by atoms with Crippen molar-refractivity contribution >= 4 is 5.97 Å². The molecule has 1 heterocycles. The zero-order chi connectivity index (χ0) is 8.97. The molecule has 2 nitrogen and oxygen atoms in total. The third kappa shape index (κ3) is 1.97. The summed E-state index contributed by atoms with van der Waals surface area (Å²) >= 11 is 0. The van der Waals surface area contributed by atoms with E-state index in [-0.39, 0.29) is 18.0 Å². The van der Waals surface area contributed by atoms with Crippen molar-refractivity contribution in [2.75, 3.05) is 0 Å². The second-order valence-corrected chi connectivity index (χ2v) is 3.04. The van der Waals surface area contributed by atoms with Gasteiger partial charge in [-0.1, -0.05) is 12.2 Å². The Morgan fingerprint density at radius 1 is 1.42 bits per heavy atom. The first-order chi connectivity index (χ1) is 5.77. The Hall–Kier alpha value is -1.05. The van der Waals surface area contributed by atoms with E-state index in [0.29, 0.717) is 0 Å². The summed E-state index contributed by atoms with van der Waals surface area (Å²) in [6.07, 6.45) is 5.92. The van der Waals surface area contributed by atoms with Crippen molar-refractivity contribution in [1.82, 2.24) is 0 Å². The van der Waals surface area contributed by atoms with Crippen LogP contribution in [0.3, 0.4) is 0 Å². The van der Waals surface area contributed by atoms with Gasteiger partial charge in [0.15, 0.2) is 0 Å². The third-order valence-electron chi connectivity index (χ3n) is 2.04. The number of carbonyl (C=O) groups excluding carboxylic acids is 1. The van der Waals surface area contributed by atoms with Crippen molar-refractivity contribution < 1.29 is 9.53 Å². The van der Waals surface area contributed by atoms with Gasteiger partial charge in [-0.25, -0.2) is 0 Å². The molecule has 0 bridgehead atoms. The molecule has 0 radical (unpaired) electrons. The molecular formula is C10H14O2. The van der Waals surface area contributed by atoms with Gasteiger partial charge in [0.2, 0.25) is 0 Å². The number of rotatable bonds is 4. The van der Waals surface area contributed by atoms with E-state index < -0.39 is 0 Å². The third-order valence-corrected chi connectivity index (χ3v) is 2.04. The van der Waals surface area contributed by atoms with Crippen LogP contribution >= 0.6 is 0 Å². The van der Waals surface area contributed by atoms with Crippen molar-refractivity contribution in [1.29, 1.82) is 0 Å². The zero-order valence-corrected chi connectivity index (χ0v) is 7.16. The number of allylic oxidation sites excluding steroid dienone is 1. The van der Waals surface area contributed by atoms with Gasteiger partial charge in [0.05, 0.1) is 5.92 Å². The van der Waals surface area contributed by atoms with Gasteiger partial charge < -0.3 is 4.74 Å². The monoisotopic (exact) mass is 166 g/mol. The number of hydrogen-bond acceptors (Lipinski definition) is 2. The summed E-state index contributed by atoms with van der Waals surface area (Å²) < 4.78 is 5.11. The van der Waals surface area contributed by atoms with Gasteiger partial charge >= 0.3 is 5.97 Å². The van der Waals surface area contributed by atoms with Gasteiger partial charge in [-0.05, 0) is 12.8 Å². The first kappa shape index (κ1) is 9.04. The highest BCUT2D eigenvalue weighted by Gasteiger charge is 2.32. The maximum absolute atomic E-state index is 11.1. The van der Waals surface area contributed by atoms with Gasteiger partial charge in [0.1, 0.15) is 6.10 Å². The molecule has 1 aliphatic rings. The number of hydrogen-bond donors (Lipinski definition) is 0. The molecular weight excluding hydrogens is 152 g/mol. The smallest absolute Gasteiger partial charge is 0.309 e. The number of esters is 1. The quantitative estimate of drug-likeness (QED) is 0.472. The van der Waals surface area contributed by atoms with E-state index >= 15 is 0 Å². The Morgan fingerprint density at radius 3 is 2.67 bits per heavy atom. The molecule has 2 heteroatoms. The fourth-order valence-corrected chi connectivity index (χ4v) is 1.45. The molecule has 0 unspecified atom stereocenters. The Kier molecular flexibility index (Phi) is 3.09. The lowest BCUT2D eigenvalue weighted by Crippen LogP contribution is -2.06. The Morgan fingerprint density at radius 2 is 2.08 bits per heavy atom. The van der Waals surface area contributed by atoms with Crippen LogP contribution in [0.4, 0.5) is 0 Å². The van der Waals surface area contributed by atoms with E-state index in [4.69, 9.17) is 4.74 Å². The predicted molar refractivity (Wildman–Crippen MR) is 47.6 cm³/mol. The lowest BCUT2D eigenvalue weighted by atomic mass is 10.0. The average molecular weight is 166 g/mol. The first-order valence-corrected chi connectivity index (χ1v) is 4.20. The van der Waals surface area contributed by atoms with E-state index in [1.165, 1.54) is 0 Å². The summed E-state index contributed by atoms with van der Waals surface area (Å²) in [4.78, 5) is 11.1. The molecule has 1 rings (SSSR count). The highest BCUT2D eigenvalue weighted by Crippen LogP contribution is 2.26. The summed E-state index contributed by atoms with van der Waals surface area (Å²) in [6, 6.07) is 0. The maximum atomic E-state index is 11.1. The molecule has 0 saturated carbocycles. The SMILES string of the molecule is C=CC[C@H]1C[C@@H](CC=C)C(=O)O1. The highest BCUT2D eigenvalue weighted by molar-refractivity contribution is 5.74. The standard InChI is InChI=1S/C10H14O2/c1-3-5-8-7-9(6-4-2)12-10(8)11/h3-4,8-9H,1-2,5-7H2/t8-,9+/m1/s1. The van der Waals surface area contributed by atoms with Crippen LogP contribution in [0.15, 0.2) is 25.3 Å². The average Bonchev–Trinajstić information content (AvgIpc) is 2.34. The van der Waals surface area contributed by atoms with Gasteiger partial charge in [-0.15, -0.1) is 13.2 Å². The minimum Gasteiger partial charge on any atom is -0.462 e. The van der Waals surface area contributed by atoms with Crippen LogP contribution in [0, 0.1) is 5.92 Å². The molecule has 1 aliphatic heterocycles. The lowest BCUT2D eigenvalue weighted by Gasteiger charge is -2.02. The van der Waals surface area contributed by atoms with E-state index in [9.17, 15) is 4.79 Å². The van der Waals surface area contributed by atoms with Crippen LogP contribution in [0.1, 0.15) is 19.3 Å². The molecule has 0 N–H and O–H groups in total. The molecule has 0 amide bonds. The highest BCUT2D eigenvalue weighted by atomic mass is 16.5. The minimum absolute atomic E-state index is 0.0347. The first-order valence-electron chi connectivity index (χ1n) is 4.20. The fraction of sp³-hybridized carbons (Fsp3) is 0.500. The molecule has 2 atom stereocenters. The second-order valence-electron chi connectivity index (χ2n) is 3.04. The molecule has 0 aliphatic carbocycles. The van der Waals surface area contributed by atoms with Crippen LogP contribution in [0.5, 0.6) is 0 Å². The number of cyclic esters (lactones) is 1. The summed E-state index contributed by atoms with van der Waals surface area (Å²) in [7, 11) is 0. The van der Waals surface area contributed by atoms with E-state index in [1.807, 2.05) is 0 Å². The molecule has 0 aromatic carbocycles. The lowest BCUT2D eigenvalue weighted by molar-refractivity contribution is -0.144. The maximum Gasteiger partial charge on any atom is 0.309 e. The van der Waals surface area contributed by atoms with Crippen LogP contribution in [-0.2, 0) is 9.53 Å². The Bertz CT molecular complexity index is 196. The van der Waals surface area contributed by atoms with Crippen molar-refractivity contribution in [2.45, 2.75) is 25.4 Å². The van der Waals surface area contributed by atoms with Crippen LogP contribution in [0.25, 0.3) is 0 Å². The van der Waals surface area contributed by atoms with Crippen molar-refractivity contribution in [2.24, 2.45) is 5.92 Å². The van der Waals surface area contributed by atoms with E-state index in [0.717, 1.165) is 19.3 Å². The summed E-state index contributed by atoms with van der Waals surface area (Å²) in [5.41, 5.74) is 0. The Labute approximate surface area is 72.9 Å². The van der Waals surface area contributed by atoms with E-state index in [1.54, 1.807) is 12.2 Å². The van der Waals surface area contributed by atoms with Crippen LogP contribution in [0.2, 0.25) is 0 Å². The van der Waals surface area contributed by atoms with Crippen molar-refractivity contribution in [3.8, 4) is 0 Å². The summed E-state index contributed by atoms with van der Waals surface area (Å²) in [5, 5.41) is 0.